The van der Waals surface area contributed by atoms with Crippen LogP contribution in [-0.2, 0) is 9.53 Å². The molecule has 1 aliphatic carbocycles. The lowest BCUT2D eigenvalue weighted by Crippen LogP contribution is -2.38. The van der Waals surface area contributed by atoms with Gasteiger partial charge in [0.25, 0.3) is 0 Å². The van der Waals surface area contributed by atoms with E-state index in [0.717, 1.165) is 0 Å². The van der Waals surface area contributed by atoms with Gasteiger partial charge in [-0.05, 0) is 18.2 Å². The van der Waals surface area contributed by atoms with E-state index < -0.39 is 11.6 Å². The molecule has 4 heteroatoms. The first-order valence-electron chi connectivity index (χ1n) is 3.47. The predicted molar refractivity (Wildman–Crippen MR) is 41.4 cm³/mol. The van der Waals surface area contributed by atoms with Crippen LogP contribution in [-0.4, -0.2) is 28.9 Å². The summed E-state index contributed by atoms with van der Waals surface area (Å²) in [4.78, 5) is 11.0. The second-order valence-electron chi connectivity index (χ2n) is 2.58. The van der Waals surface area contributed by atoms with Crippen LogP contribution in [0.25, 0.3) is 0 Å². The predicted octanol–water partition coefficient (Wildman–Crippen LogP) is 0.292. The molecule has 1 unspecified atom stereocenters. The van der Waals surface area contributed by atoms with Gasteiger partial charge < -0.3 is 14.9 Å². The van der Waals surface area contributed by atoms with E-state index >= 15 is 0 Å². The molecule has 0 spiro atoms. The van der Waals surface area contributed by atoms with Crippen molar-refractivity contribution >= 4 is 5.97 Å². The minimum absolute atomic E-state index is 0.0437. The number of hydrogen-bond acceptors (Lipinski definition) is 4. The molecule has 1 atom stereocenters. The highest BCUT2D eigenvalue weighted by atomic mass is 16.5. The monoisotopic (exact) mass is 170 g/mol. The van der Waals surface area contributed by atoms with Crippen molar-refractivity contribution in [3.8, 4) is 0 Å². The van der Waals surface area contributed by atoms with Crippen molar-refractivity contribution in [3.63, 3.8) is 0 Å². The van der Waals surface area contributed by atoms with Gasteiger partial charge in [-0.3, -0.25) is 0 Å². The number of ether oxygens (including phenoxy) is 1. The first kappa shape index (κ1) is 8.80. The van der Waals surface area contributed by atoms with Crippen LogP contribution >= 0.6 is 0 Å². The zero-order chi connectivity index (χ0) is 9.19. The number of hydrogen-bond donors (Lipinski definition) is 2. The molecule has 4 nitrogen and oxygen atoms in total. The molecule has 0 aromatic carbocycles. The molecule has 0 amide bonds. The summed E-state index contributed by atoms with van der Waals surface area (Å²) in [6.07, 6.45) is 3.88. The number of allylic oxidation sites excluding steroid dienone is 1. The van der Waals surface area contributed by atoms with Crippen molar-refractivity contribution in [2.24, 2.45) is 0 Å². The summed E-state index contributed by atoms with van der Waals surface area (Å²) in [7, 11) is 1.20. The van der Waals surface area contributed by atoms with E-state index in [9.17, 15) is 9.90 Å². The van der Waals surface area contributed by atoms with E-state index in [-0.39, 0.29) is 12.2 Å². The lowest BCUT2D eigenvalue weighted by molar-refractivity contribution is -0.157. The Morgan fingerprint density at radius 2 is 2.42 bits per heavy atom. The molecule has 66 valence electrons. The molecule has 0 aromatic rings. The van der Waals surface area contributed by atoms with E-state index in [1.165, 1.54) is 25.3 Å². The van der Waals surface area contributed by atoms with Crippen molar-refractivity contribution in [1.29, 1.82) is 0 Å². The molecule has 0 fully saturated rings. The minimum atomic E-state index is -1.61. The molecule has 2 N–H and O–H groups in total. The molecule has 0 radical (unpaired) electrons. The van der Waals surface area contributed by atoms with Crippen molar-refractivity contribution in [2.75, 3.05) is 7.11 Å². The molecular weight excluding hydrogens is 160 g/mol. The van der Waals surface area contributed by atoms with Gasteiger partial charge in [0.15, 0.2) is 5.60 Å². The minimum Gasteiger partial charge on any atom is -0.508 e. The molecule has 0 aromatic heterocycles. The molecule has 0 bridgehead atoms. The summed E-state index contributed by atoms with van der Waals surface area (Å²) in [5.74, 6) is -0.675. The fraction of sp³-hybridized carbons (Fsp3) is 0.375. The van der Waals surface area contributed by atoms with Crippen LogP contribution in [0.4, 0.5) is 0 Å². The second kappa shape index (κ2) is 2.98. The number of aliphatic hydroxyl groups excluding tert-OH is 1. The van der Waals surface area contributed by atoms with E-state index in [1.807, 2.05) is 0 Å². The summed E-state index contributed by atoms with van der Waals surface area (Å²) in [5.41, 5.74) is -1.61. The maximum absolute atomic E-state index is 11.0. The van der Waals surface area contributed by atoms with Gasteiger partial charge in [-0.15, -0.1) is 0 Å². The molecule has 0 aliphatic heterocycles. The first-order valence-corrected chi connectivity index (χ1v) is 3.47. The van der Waals surface area contributed by atoms with E-state index in [4.69, 9.17) is 5.11 Å². The average molecular weight is 170 g/mol. The summed E-state index contributed by atoms with van der Waals surface area (Å²) < 4.78 is 4.38. The summed E-state index contributed by atoms with van der Waals surface area (Å²) in [5, 5.41) is 18.4. The van der Waals surface area contributed by atoms with Crippen molar-refractivity contribution in [1.82, 2.24) is 0 Å². The van der Waals surface area contributed by atoms with Crippen LogP contribution in [0, 0.1) is 0 Å². The Labute approximate surface area is 69.8 Å². The Balaban J connectivity index is 2.78. The van der Waals surface area contributed by atoms with E-state index in [2.05, 4.69) is 4.74 Å². The summed E-state index contributed by atoms with van der Waals surface area (Å²) >= 11 is 0. The lowest BCUT2D eigenvalue weighted by Gasteiger charge is -2.21. The normalized spacial score (nSPS) is 28.0. The number of esters is 1. The first-order chi connectivity index (χ1) is 5.58. The zero-order valence-corrected chi connectivity index (χ0v) is 6.65. The van der Waals surface area contributed by atoms with Gasteiger partial charge in [0, 0.05) is 6.42 Å². The van der Waals surface area contributed by atoms with Crippen LogP contribution in [0.2, 0.25) is 0 Å². The van der Waals surface area contributed by atoms with Gasteiger partial charge in [-0.25, -0.2) is 4.79 Å². The zero-order valence-electron chi connectivity index (χ0n) is 6.65. The van der Waals surface area contributed by atoms with Gasteiger partial charge >= 0.3 is 5.97 Å². The maximum atomic E-state index is 11.0. The number of carbonyl (C=O) groups is 1. The molecule has 0 saturated heterocycles. The Bertz CT molecular complexity index is 254. The summed E-state index contributed by atoms with van der Waals surface area (Å²) in [6, 6.07) is 0. The number of aliphatic hydroxyl groups is 2. The standard InChI is InChI=1S/C8H10O4/c1-12-7(10)8(11)4-2-6(9)3-5-8/h2-4,9,11H,5H2,1H3. The summed E-state index contributed by atoms with van der Waals surface area (Å²) in [6.45, 7) is 0. The SMILES string of the molecule is COC(=O)C1(O)C=CC(O)=CC1. The van der Waals surface area contributed by atoms with Crippen molar-refractivity contribution < 1.29 is 19.7 Å². The highest BCUT2D eigenvalue weighted by Crippen LogP contribution is 2.20. The van der Waals surface area contributed by atoms with E-state index in [1.54, 1.807) is 0 Å². The molecule has 1 rings (SSSR count). The second-order valence-corrected chi connectivity index (χ2v) is 2.58. The third-order valence-electron chi connectivity index (χ3n) is 1.69. The Hall–Kier alpha value is -1.29. The largest absolute Gasteiger partial charge is 0.508 e. The Morgan fingerprint density at radius 1 is 1.75 bits per heavy atom. The molecular formula is C8H10O4. The topological polar surface area (TPSA) is 66.8 Å². The molecule has 0 heterocycles. The van der Waals surface area contributed by atoms with E-state index in [0.29, 0.717) is 0 Å². The van der Waals surface area contributed by atoms with Gasteiger partial charge in [0.05, 0.1) is 7.11 Å². The van der Waals surface area contributed by atoms with Crippen LogP contribution in [0.15, 0.2) is 24.0 Å². The van der Waals surface area contributed by atoms with Gasteiger partial charge in [0.2, 0.25) is 0 Å². The van der Waals surface area contributed by atoms with Gasteiger partial charge in [-0.1, -0.05) is 0 Å². The van der Waals surface area contributed by atoms with Crippen molar-refractivity contribution in [3.05, 3.63) is 24.0 Å². The third-order valence-corrected chi connectivity index (χ3v) is 1.69. The Morgan fingerprint density at radius 3 is 2.83 bits per heavy atom. The number of methoxy groups -OCH3 is 1. The fourth-order valence-electron chi connectivity index (χ4n) is 0.948. The van der Waals surface area contributed by atoms with Crippen LogP contribution in [0.3, 0.4) is 0 Å². The van der Waals surface area contributed by atoms with Crippen LogP contribution in [0.1, 0.15) is 6.42 Å². The molecule has 0 saturated carbocycles. The highest BCUT2D eigenvalue weighted by molar-refractivity contribution is 5.82. The maximum Gasteiger partial charge on any atom is 0.342 e. The highest BCUT2D eigenvalue weighted by Gasteiger charge is 2.34. The average Bonchev–Trinajstić information content (AvgIpc) is 2.09. The van der Waals surface area contributed by atoms with Crippen LogP contribution in [0.5, 0.6) is 0 Å². The van der Waals surface area contributed by atoms with Crippen LogP contribution < -0.4 is 0 Å². The van der Waals surface area contributed by atoms with Gasteiger partial charge in [-0.2, -0.15) is 0 Å². The Kier molecular flexibility index (Phi) is 2.19. The number of carbonyl (C=O) groups excluding carboxylic acids is 1. The molecule has 12 heavy (non-hydrogen) atoms. The fourth-order valence-corrected chi connectivity index (χ4v) is 0.948. The molecule has 1 aliphatic rings. The lowest BCUT2D eigenvalue weighted by atomic mass is 9.95. The number of rotatable bonds is 1. The smallest absolute Gasteiger partial charge is 0.342 e. The third kappa shape index (κ3) is 1.48. The van der Waals surface area contributed by atoms with Gasteiger partial charge in [0.1, 0.15) is 5.76 Å². The van der Waals surface area contributed by atoms with Crippen molar-refractivity contribution in [2.45, 2.75) is 12.0 Å². The quantitative estimate of drug-likeness (QED) is 0.555.